The zero-order valence-corrected chi connectivity index (χ0v) is 9.94. The van der Waals surface area contributed by atoms with Crippen LogP contribution in [0.3, 0.4) is 0 Å². The Hall–Kier alpha value is -1.29. The maximum absolute atomic E-state index is 5.14. The first-order valence-electron chi connectivity index (χ1n) is 5.75. The summed E-state index contributed by atoms with van der Waals surface area (Å²) in [6.45, 7) is 1.67. The number of nitrogens with zero attached hydrogens (tertiary/aromatic N) is 2. The number of pyridine rings is 1. The summed E-state index contributed by atoms with van der Waals surface area (Å²) in [6.07, 6.45) is 2.55. The molecular formula is C12H19N3O. The lowest BCUT2D eigenvalue weighted by Crippen LogP contribution is -2.30. The average molecular weight is 221 g/mol. The van der Waals surface area contributed by atoms with Gasteiger partial charge in [0.2, 0.25) is 0 Å². The van der Waals surface area contributed by atoms with E-state index in [9.17, 15) is 0 Å². The summed E-state index contributed by atoms with van der Waals surface area (Å²) in [6, 6.07) is 6.74. The number of hydrogen-bond acceptors (Lipinski definition) is 4. The van der Waals surface area contributed by atoms with Crippen molar-refractivity contribution in [2.45, 2.75) is 18.9 Å². The van der Waals surface area contributed by atoms with E-state index < -0.39 is 0 Å². The fourth-order valence-electron chi connectivity index (χ4n) is 1.78. The Bertz CT molecular complexity index is 339. The Kier molecular flexibility index (Phi) is 3.62. The standard InChI is InChI=1S/C12H19N3O/c1-13-11-4-3-5-12(14-11)15(8-9-16-2)10-6-7-10/h3-5,10H,6-9H2,1-2H3,(H,13,14). The third kappa shape index (κ3) is 2.64. The highest BCUT2D eigenvalue weighted by Gasteiger charge is 2.29. The summed E-state index contributed by atoms with van der Waals surface area (Å²) in [4.78, 5) is 6.90. The minimum Gasteiger partial charge on any atom is -0.383 e. The summed E-state index contributed by atoms with van der Waals surface area (Å²) in [5.41, 5.74) is 0. The number of aromatic nitrogens is 1. The van der Waals surface area contributed by atoms with Gasteiger partial charge in [-0.3, -0.25) is 0 Å². The van der Waals surface area contributed by atoms with Crippen molar-refractivity contribution in [1.82, 2.24) is 4.98 Å². The molecule has 1 aromatic heterocycles. The van der Waals surface area contributed by atoms with Crippen LogP contribution in [0.1, 0.15) is 12.8 Å². The Morgan fingerprint density at radius 1 is 1.50 bits per heavy atom. The number of hydrogen-bond donors (Lipinski definition) is 1. The van der Waals surface area contributed by atoms with Gasteiger partial charge in [-0.1, -0.05) is 6.07 Å². The number of rotatable bonds is 6. The molecule has 88 valence electrons. The lowest BCUT2D eigenvalue weighted by atomic mass is 10.4. The number of nitrogens with one attached hydrogen (secondary N) is 1. The topological polar surface area (TPSA) is 37.4 Å². The molecule has 0 bridgehead atoms. The second-order valence-corrected chi connectivity index (χ2v) is 4.05. The lowest BCUT2D eigenvalue weighted by Gasteiger charge is -2.23. The molecule has 1 fully saturated rings. The second kappa shape index (κ2) is 5.16. The Labute approximate surface area is 96.6 Å². The molecule has 0 spiro atoms. The summed E-state index contributed by atoms with van der Waals surface area (Å²) < 4.78 is 5.14. The molecule has 0 atom stereocenters. The molecule has 0 unspecified atom stereocenters. The van der Waals surface area contributed by atoms with Crippen molar-refractivity contribution < 1.29 is 4.74 Å². The van der Waals surface area contributed by atoms with Crippen LogP contribution in [-0.2, 0) is 4.74 Å². The zero-order chi connectivity index (χ0) is 11.4. The largest absolute Gasteiger partial charge is 0.383 e. The van der Waals surface area contributed by atoms with E-state index in [2.05, 4.69) is 21.3 Å². The highest BCUT2D eigenvalue weighted by atomic mass is 16.5. The minimum atomic E-state index is 0.662. The average Bonchev–Trinajstić information content (AvgIpc) is 3.14. The van der Waals surface area contributed by atoms with Gasteiger partial charge in [0.1, 0.15) is 11.6 Å². The van der Waals surface area contributed by atoms with Gasteiger partial charge in [-0.15, -0.1) is 0 Å². The van der Waals surface area contributed by atoms with Gasteiger partial charge in [0.05, 0.1) is 6.61 Å². The molecule has 0 aromatic carbocycles. The number of anilines is 2. The Morgan fingerprint density at radius 2 is 2.31 bits per heavy atom. The van der Waals surface area contributed by atoms with Crippen LogP contribution in [0.15, 0.2) is 18.2 Å². The minimum absolute atomic E-state index is 0.662. The van der Waals surface area contributed by atoms with Crippen LogP contribution in [0, 0.1) is 0 Å². The Balaban J connectivity index is 2.10. The normalized spacial score (nSPS) is 14.9. The van der Waals surface area contributed by atoms with Gasteiger partial charge in [-0.05, 0) is 25.0 Å². The molecular weight excluding hydrogens is 202 g/mol. The van der Waals surface area contributed by atoms with Crippen molar-refractivity contribution >= 4 is 11.6 Å². The smallest absolute Gasteiger partial charge is 0.131 e. The van der Waals surface area contributed by atoms with Gasteiger partial charge in [-0.2, -0.15) is 0 Å². The molecule has 0 saturated heterocycles. The van der Waals surface area contributed by atoms with Gasteiger partial charge in [0.25, 0.3) is 0 Å². The van der Waals surface area contributed by atoms with Crippen LogP contribution in [0.25, 0.3) is 0 Å². The van der Waals surface area contributed by atoms with Crippen molar-refractivity contribution in [2.24, 2.45) is 0 Å². The third-order valence-corrected chi connectivity index (χ3v) is 2.81. The van der Waals surface area contributed by atoms with Crippen molar-refractivity contribution in [3.05, 3.63) is 18.2 Å². The summed E-state index contributed by atoms with van der Waals surface area (Å²) >= 11 is 0. The van der Waals surface area contributed by atoms with Gasteiger partial charge >= 0.3 is 0 Å². The third-order valence-electron chi connectivity index (χ3n) is 2.81. The van der Waals surface area contributed by atoms with E-state index in [4.69, 9.17) is 4.74 Å². The van der Waals surface area contributed by atoms with E-state index in [0.717, 1.165) is 24.8 Å². The lowest BCUT2D eigenvalue weighted by molar-refractivity contribution is 0.204. The van der Waals surface area contributed by atoms with E-state index in [1.54, 1.807) is 7.11 Å². The number of methoxy groups -OCH3 is 1. The molecule has 4 heteroatoms. The van der Waals surface area contributed by atoms with E-state index in [-0.39, 0.29) is 0 Å². The van der Waals surface area contributed by atoms with E-state index in [0.29, 0.717) is 6.04 Å². The van der Waals surface area contributed by atoms with Gasteiger partial charge in [0.15, 0.2) is 0 Å². The van der Waals surface area contributed by atoms with E-state index >= 15 is 0 Å². The molecule has 1 heterocycles. The predicted molar refractivity (Wildman–Crippen MR) is 66.0 cm³/mol. The van der Waals surface area contributed by atoms with Crippen LogP contribution < -0.4 is 10.2 Å². The van der Waals surface area contributed by atoms with Crippen LogP contribution in [0.2, 0.25) is 0 Å². The van der Waals surface area contributed by atoms with Crippen LogP contribution in [0.4, 0.5) is 11.6 Å². The molecule has 1 N–H and O–H groups in total. The van der Waals surface area contributed by atoms with Crippen molar-refractivity contribution in [3.63, 3.8) is 0 Å². The van der Waals surface area contributed by atoms with Crippen LogP contribution >= 0.6 is 0 Å². The fraction of sp³-hybridized carbons (Fsp3) is 0.583. The molecule has 0 amide bonds. The molecule has 2 rings (SSSR count). The fourth-order valence-corrected chi connectivity index (χ4v) is 1.78. The summed E-state index contributed by atoms with van der Waals surface area (Å²) in [5, 5.41) is 3.07. The SMILES string of the molecule is CNc1cccc(N(CCOC)C2CC2)n1. The van der Waals surface area contributed by atoms with Crippen molar-refractivity contribution in [1.29, 1.82) is 0 Å². The van der Waals surface area contributed by atoms with E-state index in [1.165, 1.54) is 12.8 Å². The predicted octanol–water partition coefficient (Wildman–Crippen LogP) is 1.74. The van der Waals surface area contributed by atoms with Crippen molar-refractivity contribution in [3.8, 4) is 0 Å². The molecule has 0 aliphatic heterocycles. The first-order chi connectivity index (χ1) is 7.85. The van der Waals surface area contributed by atoms with Gasteiger partial charge < -0.3 is 15.0 Å². The zero-order valence-electron chi connectivity index (χ0n) is 9.94. The molecule has 4 nitrogen and oxygen atoms in total. The molecule has 1 saturated carbocycles. The quantitative estimate of drug-likeness (QED) is 0.794. The van der Waals surface area contributed by atoms with Crippen molar-refractivity contribution in [2.75, 3.05) is 37.5 Å². The maximum atomic E-state index is 5.14. The molecule has 1 aromatic rings. The van der Waals surface area contributed by atoms with Gasteiger partial charge in [-0.25, -0.2) is 4.98 Å². The number of ether oxygens (including phenoxy) is 1. The molecule has 1 aliphatic rings. The van der Waals surface area contributed by atoms with Gasteiger partial charge in [0, 0.05) is 26.7 Å². The highest BCUT2D eigenvalue weighted by Crippen LogP contribution is 2.30. The summed E-state index contributed by atoms with van der Waals surface area (Å²) in [7, 11) is 3.63. The van der Waals surface area contributed by atoms with Crippen LogP contribution in [0.5, 0.6) is 0 Å². The molecule has 16 heavy (non-hydrogen) atoms. The van der Waals surface area contributed by atoms with Crippen LogP contribution in [-0.4, -0.2) is 38.3 Å². The Morgan fingerprint density at radius 3 is 2.94 bits per heavy atom. The highest BCUT2D eigenvalue weighted by molar-refractivity contribution is 5.48. The maximum Gasteiger partial charge on any atom is 0.131 e. The molecule has 0 radical (unpaired) electrons. The summed E-state index contributed by atoms with van der Waals surface area (Å²) in [5.74, 6) is 1.96. The second-order valence-electron chi connectivity index (χ2n) is 4.05. The first-order valence-corrected chi connectivity index (χ1v) is 5.75. The molecule has 1 aliphatic carbocycles. The first kappa shape index (κ1) is 11.2. The van der Waals surface area contributed by atoms with E-state index in [1.807, 2.05) is 19.2 Å². The monoisotopic (exact) mass is 221 g/mol.